The molecule has 4 nitrogen and oxygen atoms in total. The molecule has 1 aliphatic heterocycles. The predicted molar refractivity (Wildman–Crippen MR) is 94.6 cm³/mol. The molecule has 0 aromatic heterocycles. The molecule has 1 heterocycles. The Balaban J connectivity index is 1.80. The van der Waals surface area contributed by atoms with Crippen LogP contribution in [0, 0.1) is 5.92 Å². The van der Waals surface area contributed by atoms with Crippen LogP contribution in [0.5, 0.6) is 5.75 Å². The van der Waals surface area contributed by atoms with Gasteiger partial charge in [-0.15, -0.1) is 0 Å². The van der Waals surface area contributed by atoms with Gasteiger partial charge in [0.2, 0.25) is 5.91 Å². The van der Waals surface area contributed by atoms with E-state index in [2.05, 4.69) is 5.32 Å². The Bertz CT molecular complexity index is 713. The van der Waals surface area contributed by atoms with E-state index >= 15 is 0 Å². The van der Waals surface area contributed by atoms with Crippen LogP contribution in [0.25, 0.3) is 0 Å². The minimum Gasteiger partial charge on any atom is -0.505 e. The number of nitrogens with one attached hydrogen (secondary N) is 1. The fourth-order valence-electron chi connectivity index (χ4n) is 2.89. The molecule has 6 heteroatoms. The number of phenolic OH excluding ortho intramolecular Hbond substituents is 1. The highest BCUT2D eigenvalue weighted by Gasteiger charge is 2.33. The van der Waals surface area contributed by atoms with Crippen molar-refractivity contribution in [2.45, 2.75) is 18.9 Å². The Hall–Kier alpha value is -1.75. The molecule has 2 aromatic rings. The van der Waals surface area contributed by atoms with Gasteiger partial charge in [-0.2, -0.15) is 0 Å². The maximum absolute atomic E-state index is 12.7. The molecule has 0 aliphatic carbocycles. The first kappa shape index (κ1) is 17.1. The Morgan fingerprint density at radius 1 is 1.17 bits per heavy atom. The second kappa shape index (κ2) is 7.43. The van der Waals surface area contributed by atoms with E-state index in [0.29, 0.717) is 12.3 Å². The molecule has 3 rings (SSSR count). The minimum absolute atomic E-state index is 0.0947. The van der Waals surface area contributed by atoms with Crippen molar-refractivity contribution in [3.05, 3.63) is 58.1 Å². The lowest BCUT2D eigenvalue weighted by atomic mass is 9.88. The highest BCUT2D eigenvalue weighted by Crippen LogP contribution is 2.37. The maximum Gasteiger partial charge on any atom is 0.230 e. The average molecular weight is 366 g/mol. The summed E-state index contributed by atoms with van der Waals surface area (Å²) in [5, 5.41) is 12.6. The second-order valence-electron chi connectivity index (χ2n) is 5.73. The number of phenols is 1. The van der Waals surface area contributed by atoms with Crippen molar-refractivity contribution in [2.75, 3.05) is 11.9 Å². The molecule has 1 fully saturated rings. The third kappa shape index (κ3) is 3.66. The van der Waals surface area contributed by atoms with Crippen LogP contribution in [-0.4, -0.2) is 17.6 Å². The normalized spacial score (nSPS) is 20.6. The summed E-state index contributed by atoms with van der Waals surface area (Å²) in [4.78, 5) is 12.7. The zero-order valence-corrected chi connectivity index (χ0v) is 14.3. The number of rotatable bonds is 3. The third-order valence-electron chi connectivity index (χ3n) is 4.07. The number of halogens is 2. The molecule has 0 bridgehead atoms. The highest BCUT2D eigenvalue weighted by atomic mass is 35.5. The first-order valence-corrected chi connectivity index (χ1v) is 8.47. The lowest BCUT2D eigenvalue weighted by Gasteiger charge is -2.31. The standard InChI is InChI=1S/C18H17Cl2NO3/c19-14-9-12(10-15(20)16(14)22)21-18(23)13-7-4-8-24-17(13)11-5-2-1-3-6-11/h1-3,5-6,9-10,13,17,22H,4,7-8H2,(H,21,23)/t13-,17+/m1/s1. The maximum atomic E-state index is 12.7. The van der Waals surface area contributed by atoms with Crippen LogP contribution in [0.1, 0.15) is 24.5 Å². The van der Waals surface area contributed by atoms with Gasteiger partial charge < -0.3 is 15.2 Å². The summed E-state index contributed by atoms with van der Waals surface area (Å²) in [5.74, 6) is -0.645. The van der Waals surface area contributed by atoms with Crippen LogP contribution in [0.15, 0.2) is 42.5 Å². The van der Waals surface area contributed by atoms with Crippen molar-refractivity contribution in [2.24, 2.45) is 5.92 Å². The van der Waals surface area contributed by atoms with E-state index in [0.717, 1.165) is 18.4 Å². The molecule has 1 amide bonds. The fraction of sp³-hybridized carbons (Fsp3) is 0.278. The van der Waals surface area contributed by atoms with Gasteiger partial charge in [-0.05, 0) is 30.5 Å². The molecule has 0 saturated carbocycles. The summed E-state index contributed by atoms with van der Waals surface area (Å²) in [6.07, 6.45) is 1.30. The van der Waals surface area contributed by atoms with Crippen molar-refractivity contribution in [1.82, 2.24) is 0 Å². The van der Waals surface area contributed by atoms with E-state index in [9.17, 15) is 9.90 Å². The Labute approximate surface area is 150 Å². The van der Waals surface area contributed by atoms with Gasteiger partial charge in [0.15, 0.2) is 5.75 Å². The van der Waals surface area contributed by atoms with Crippen LogP contribution < -0.4 is 5.32 Å². The van der Waals surface area contributed by atoms with Crippen LogP contribution in [0.4, 0.5) is 5.69 Å². The molecule has 2 aromatic carbocycles. The van der Waals surface area contributed by atoms with Crippen molar-refractivity contribution in [3.63, 3.8) is 0 Å². The number of hydrogen-bond donors (Lipinski definition) is 2. The molecule has 2 N–H and O–H groups in total. The lowest BCUT2D eigenvalue weighted by Crippen LogP contribution is -2.33. The lowest BCUT2D eigenvalue weighted by molar-refractivity contribution is -0.129. The summed E-state index contributed by atoms with van der Waals surface area (Å²) in [6.45, 7) is 0.639. The molecular formula is C18H17Cl2NO3. The van der Waals surface area contributed by atoms with Gasteiger partial charge in [0, 0.05) is 12.3 Å². The van der Waals surface area contributed by atoms with E-state index in [1.165, 1.54) is 12.1 Å². The molecule has 0 unspecified atom stereocenters. The molecule has 2 atom stereocenters. The molecule has 0 radical (unpaired) electrons. The van der Waals surface area contributed by atoms with Gasteiger partial charge in [0.05, 0.1) is 22.1 Å². The topological polar surface area (TPSA) is 58.6 Å². The van der Waals surface area contributed by atoms with Crippen molar-refractivity contribution >= 4 is 34.8 Å². The molecular weight excluding hydrogens is 349 g/mol. The fourth-order valence-corrected chi connectivity index (χ4v) is 3.38. The average Bonchev–Trinajstić information content (AvgIpc) is 2.60. The Morgan fingerprint density at radius 2 is 1.83 bits per heavy atom. The number of hydrogen-bond acceptors (Lipinski definition) is 3. The number of aromatic hydroxyl groups is 1. The number of benzene rings is 2. The number of carbonyl (C=O) groups is 1. The second-order valence-corrected chi connectivity index (χ2v) is 6.54. The summed E-state index contributed by atoms with van der Waals surface area (Å²) in [6, 6.07) is 12.7. The van der Waals surface area contributed by atoms with Crippen LogP contribution >= 0.6 is 23.2 Å². The van der Waals surface area contributed by atoms with E-state index in [1.54, 1.807) is 0 Å². The Morgan fingerprint density at radius 3 is 2.50 bits per heavy atom. The van der Waals surface area contributed by atoms with Gasteiger partial charge >= 0.3 is 0 Å². The molecule has 1 saturated heterocycles. The Kier molecular flexibility index (Phi) is 5.29. The van der Waals surface area contributed by atoms with Gasteiger partial charge in [-0.1, -0.05) is 53.5 Å². The van der Waals surface area contributed by atoms with Crippen molar-refractivity contribution in [3.8, 4) is 5.75 Å². The highest BCUT2D eigenvalue weighted by molar-refractivity contribution is 6.37. The van der Waals surface area contributed by atoms with Gasteiger partial charge in [0.1, 0.15) is 0 Å². The number of anilines is 1. The monoisotopic (exact) mass is 365 g/mol. The quantitative estimate of drug-likeness (QED) is 0.767. The summed E-state index contributed by atoms with van der Waals surface area (Å²) >= 11 is 11.8. The number of amides is 1. The van der Waals surface area contributed by atoms with Gasteiger partial charge in [-0.25, -0.2) is 0 Å². The summed E-state index contributed by atoms with van der Waals surface area (Å²) < 4.78 is 5.85. The molecule has 1 aliphatic rings. The van der Waals surface area contributed by atoms with Crippen LogP contribution in [-0.2, 0) is 9.53 Å². The number of ether oxygens (including phenoxy) is 1. The van der Waals surface area contributed by atoms with E-state index in [-0.39, 0.29) is 33.7 Å². The predicted octanol–water partition coefficient (Wildman–Crippen LogP) is 4.81. The zero-order valence-electron chi connectivity index (χ0n) is 12.8. The first-order valence-electron chi connectivity index (χ1n) is 7.71. The molecule has 126 valence electrons. The van der Waals surface area contributed by atoms with E-state index in [1.807, 2.05) is 30.3 Å². The van der Waals surface area contributed by atoms with Gasteiger partial charge in [0.25, 0.3) is 0 Å². The summed E-state index contributed by atoms with van der Waals surface area (Å²) in [5.41, 5.74) is 1.43. The smallest absolute Gasteiger partial charge is 0.230 e. The zero-order chi connectivity index (χ0) is 17.1. The van der Waals surface area contributed by atoms with Crippen LogP contribution in [0.3, 0.4) is 0 Å². The van der Waals surface area contributed by atoms with E-state index < -0.39 is 0 Å². The van der Waals surface area contributed by atoms with Crippen LogP contribution in [0.2, 0.25) is 10.0 Å². The largest absolute Gasteiger partial charge is 0.505 e. The van der Waals surface area contributed by atoms with Gasteiger partial charge in [-0.3, -0.25) is 4.79 Å². The first-order chi connectivity index (χ1) is 11.6. The van der Waals surface area contributed by atoms with Crippen molar-refractivity contribution in [1.29, 1.82) is 0 Å². The third-order valence-corrected chi connectivity index (χ3v) is 4.65. The molecule has 24 heavy (non-hydrogen) atoms. The summed E-state index contributed by atoms with van der Waals surface area (Å²) in [7, 11) is 0. The van der Waals surface area contributed by atoms with E-state index in [4.69, 9.17) is 27.9 Å². The van der Waals surface area contributed by atoms with Crippen molar-refractivity contribution < 1.29 is 14.6 Å². The minimum atomic E-state index is -0.299. The molecule has 0 spiro atoms. The SMILES string of the molecule is O=C(Nc1cc(Cl)c(O)c(Cl)c1)[C@@H]1CCCO[C@H]1c1ccccc1. The number of carbonyl (C=O) groups excluding carboxylic acids is 1.